The van der Waals surface area contributed by atoms with Crippen LogP contribution in [0.5, 0.6) is 17.2 Å². The van der Waals surface area contributed by atoms with Crippen LogP contribution in [0.1, 0.15) is 10.4 Å². The first-order chi connectivity index (χ1) is 13.1. The second-order valence-corrected chi connectivity index (χ2v) is 6.36. The van der Waals surface area contributed by atoms with Crippen LogP contribution in [0.3, 0.4) is 0 Å². The lowest BCUT2D eigenvalue weighted by Gasteiger charge is -2.13. The van der Waals surface area contributed by atoms with Gasteiger partial charge in [-0.1, -0.05) is 0 Å². The number of methoxy groups -OCH3 is 4. The van der Waals surface area contributed by atoms with Crippen molar-refractivity contribution < 1.29 is 23.7 Å². The summed E-state index contributed by atoms with van der Waals surface area (Å²) in [7, 11) is 5.95. The van der Waals surface area contributed by atoms with Crippen molar-refractivity contribution in [2.45, 2.75) is 0 Å². The van der Waals surface area contributed by atoms with Crippen molar-refractivity contribution in [3.63, 3.8) is 0 Å². The number of hydrogen-bond acceptors (Lipinski definition) is 7. The average Bonchev–Trinajstić information content (AvgIpc) is 3.22. The van der Waals surface area contributed by atoms with E-state index in [1.54, 1.807) is 19.2 Å². The molecule has 0 spiro atoms. The largest absolute Gasteiger partial charge is 0.497 e. The maximum absolute atomic E-state index is 12.1. The zero-order valence-corrected chi connectivity index (χ0v) is 16.3. The second-order valence-electron chi connectivity index (χ2n) is 5.55. The molecule has 3 aromatic rings. The number of ether oxygens (including phenoxy) is 4. The summed E-state index contributed by atoms with van der Waals surface area (Å²) >= 11 is 1.36. The molecular formula is C20H19NO5S. The Morgan fingerprint density at radius 2 is 1.48 bits per heavy atom. The number of carbonyl (C=O) groups is 1. The number of nitrogens with zero attached hydrogens (tertiary/aromatic N) is 1. The van der Waals surface area contributed by atoms with Crippen LogP contribution in [0.25, 0.3) is 21.7 Å². The highest BCUT2D eigenvalue weighted by Crippen LogP contribution is 2.38. The highest BCUT2D eigenvalue weighted by molar-refractivity contribution is 7.09. The Labute approximate surface area is 161 Å². The summed E-state index contributed by atoms with van der Waals surface area (Å²) in [6, 6.07) is 13.2. The fourth-order valence-electron chi connectivity index (χ4n) is 2.67. The standard InChI is InChI=1S/C20H19NO5S/c1-23-14-7-5-12(6-8-14)15-11-18(27-21-15)13-9-16(24-2)19(20(22)26-4)17(10-13)25-3/h5-11H,1-4H3. The van der Waals surface area contributed by atoms with Gasteiger partial charge < -0.3 is 18.9 Å². The number of esters is 1. The van der Waals surface area contributed by atoms with Crippen LogP contribution in [0.4, 0.5) is 0 Å². The summed E-state index contributed by atoms with van der Waals surface area (Å²) < 4.78 is 25.3. The molecular weight excluding hydrogens is 366 g/mol. The molecule has 1 heterocycles. The van der Waals surface area contributed by atoms with E-state index in [4.69, 9.17) is 18.9 Å². The molecule has 0 aliphatic carbocycles. The fraction of sp³-hybridized carbons (Fsp3) is 0.200. The third-order valence-electron chi connectivity index (χ3n) is 4.08. The maximum atomic E-state index is 12.1. The summed E-state index contributed by atoms with van der Waals surface area (Å²) in [4.78, 5) is 13.0. The summed E-state index contributed by atoms with van der Waals surface area (Å²) in [5, 5.41) is 0. The summed E-state index contributed by atoms with van der Waals surface area (Å²) in [6.07, 6.45) is 0. The molecule has 0 bridgehead atoms. The third kappa shape index (κ3) is 3.73. The Morgan fingerprint density at radius 3 is 2.00 bits per heavy atom. The van der Waals surface area contributed by atoms with E-state index in [-0.39, 0.29) is 5.56 Å². The minimum Gasteiger partial charge on any atom is -0.497 e. The van der Waals surface area contributed by atoms with Crippen molar-refractivity contribution >= 4 is 17.5 Å². The molecule has 0 aliphatic rings. The van der Waals surface area contributed by atoms with Gasteiger partial charge in [0.15, 0.2) is 0 Å². The van der Waals surface area contributed by atoms with Gasteiger partial charge >= 0.3 is 5.97 Å². The van der Waals surface area contributed by atoms with Gasteiger partial charge in [-0.3, -0.25) is 0 Å². The van der Waals surface area contributed by atoms with Gasteiger partial charge in [-0.05, 0) is 54.0 Å². The van der Waals surface area contributed by atoms with E-state index < -0.39 is 5.97 Å². The molecule has 0 fully saturated rings. The SMILES string of the molecule is COC(=O)c1c(OC)cc(-c2cc(-c3ccc(OC)cc3)ns2)cc1OC. The average molecular weight is 385 g/mol. The zero-order chi connectivity index (χ0) is 19.4. The molecule has 27 heavy (non-hydrogen) atoms. The Hall–Kier alpha value is -3.06. The topological polar surface area (TPSA) is 66.9 Å². The van der Waals surface area contributed by atoms with Crippen LogP contribution in [0.2, 0.25) is 0 Å². The van der Waals surface area contributed by atoms with Crippen LogP contribution in [0, 0.1) is 0 Å². The van der Waals surface area contributed by atoms with E-state index in [9.17, 15) is 4.79 Å². The highest BCUT2D eigenvalue weighted by atomic mass is 32.1. The first-order valence-electron chi connectivity index (χ1n) is 8.07. The molecule has 0 aliphatic heterocycles. The minimum absolute atomic E-state index is 0.256. The van der Waals surface area contributed by atoms with Crippen LogP contribution in [-0.4, -0.2) is 38.8 Å². The molecule has 0 N–H and O–H groups in total. The van der Waals surface area contributed by atoms with Gasteiger partial charge in [0.25, 0.3) is 0 Å². The van der Waals surface area contributed by atoms with Gasteiger partial charge in [-0.25, -0.2) is 4.79 Å². The third-order valence-corrected chi connectivity index (χ3v) is 4.91. The minimum atomic E-state index is -0.515. The lowest BCUT2D eigenvalue weighted by atomic mass is 10.1. The van der Waals surface area contributed by atoms with E-state index in [0.717, 1.165) is 27.4 Å². The van der Waals surface area contributed by atoms with Crippen LogP contribution in [0.15, 0.2) is 42.5 Å². The van der Waals surface area contributed by atoms with E-state index in [2.05, 4.69) is 4.37 Å². The van der Waals surface area contributed by atoms with E-state index in [0.29, 0.717) is 11.5 Å². The van der Waals surface area contributed by atoms with E-state index in [1.165, 1.54) is 32.9 Å². The summed E-state index contributed by atoms with van der Waals surface area (Å²) in [5.41, 5.74) is 2.94. The van der Waals surface area contributed by atoms with E-state index >= 15 is 0 Å². The molecule has 0 amide bonds. The first kappa shape index (κ1) is 18.7. The number of rotatable bonds is 6. The molecule has 0 saturated heterocycles. The Balaban J connectivity index is 2.01. The molecule has 3 rings (SSSR count). The van der Waals surface area contributed by atoms with Crippen molar-refractivity contribution in [1.82, 2.24) is 4.37 Å². The van der Waals surface area contributed by atoms with Gasteiger partial charge in [0, 0.05) is 11.1 Å². The van der Waals surface area contributed by atoms with Gasteiger partial charge in [-0.2, -0.15) is 4.37 Å². The fourth-order valence-corrected chi connectivity index (χ4v) is 3.41. The van der Waals surface area contributed by atoms with Gasteiger partial charge in [0.05, 0.1) is 39.0 Å². The van der Waals surface area contributed by atoms with Gasteiger partial charge in [-0.15, -0.1) is 0 Å². The Kier molecular flexibility index (Phi) is 5.61. The van der Waals surface area contributed by atoms with Gasteiger partial charge in [0.2, 0.25) is 0 Å². The maximum Gasteiger partial charge on any atom is 0.345 e. The molecule has 6 nitrogen and oxygen atoms in total. The lowest BCUT2D eigenvalue weighted by molar-refractivity contribution is 0.0593. The van der Waals surface area contributed by atoms with Crippen LogP contribution < -0.4 is 14.2 Å². The summed E-state index contributed by atoms with van der Waals surface area (Å²) in [6.45, 7) is 0. The number of aromatic nitrogens is 1. The molecule has 1 aromatic heterocycles. The Bertz CT molecular complexity index is 924. The van der Waals surface area contributed by atoms with Crippen molar-refractivity contribution in [1.29, 1.82) is 0 Å². The molecule has 0 atom stereocenters. The van der Waals surface area contributed by atoms with Crippen molar-refractivity contribution in [2.24, 2.45) is 0 Å². The highest BCUT2D eigenvalue weighted by Gasteiger charge is 2.21. The molecule has 0 saturated carbocycles. The molecule has 0 unspecified atom stereocenters. The van der Waals surface area contributed by atoms with Crippen molar-refractivity contribution in [3.8, 4) is 38.9 Å². The van der Waals surface area contributed by atoms with Crippen LogP contribution >= 0.6 is 11.5 Å². The number of carbonyl (C=O) groups excluding carboxylic acids is 1. The quantitative estimate of drug-likeness (QED) is 0.590. The lowest BCUT2D eigenvalue weighted by Crippen LogP contribution is -2.07. The Morgan fingerprint density at radius 1 is 0.852 bits per heavy atom. The predicted octanol–water partition coefficient (Wildman–Crippen LogP) is 4.29. The predicted molar refractivity (Wildman–Crippen MR) is 104 cm³/mol. The van der Waals surface area contributed by atoms with Crippen LogP contribution in [-0.2, 0) is 4.74 Å². The van der Waals surface area contributed by atoms with Gasteiger partial charge in [0.1, 0.15) is 22.8 Å². The summed E-state index contributed by atoms with van der Waals surface area (Å²) in [5.74, 6) is 1.05. The second kappa shape index (κ2) is 8.09. The first-order valence-corrected chi connectivity index (χ1v) is 8.84. The molecule has 2 aromatic carbocycles. The smallest absolute Gasteiger partial charge is 0.345 e. The normalized spacial score (nSPS) is 10.4. The monoisotopic (exact) mass is 385 g/mol. The molecule has 140 valence electrons. The number of hydrogen-bond donors (Lipinski definition) is 0. The zero-order valence-electron chi connectivity index (χ0n) is 15.4. The molecule has 0 radical (unpaired) electrons. The van der Waals surface area contributed by atoms with Crippen molar-refractivity contribution in [3.05, 3.63) is 48.0 Å². The van der Waals surface area contributed by atoms with Crippen molar-refractivity contribution in [2.75, 3.05) is 28.4 Å². The molecule has 7 heteroatoms. The number of benzene rings is 2. The van der Waals surface area contributed by atoms with E-state index in [1.807, 2.05) is 30.3 Å².